The van der Waals surface area contributed by atoms with Crippen LogP contribution in [-0.2, 0) is 18.3 Å². The molecule has 0 saturated carbocycles. The summed E-state index contributed by atoms with van der Waals surface area (Å²) in [4.78, 5) is 4.56. The van der Waals surface area contributed by atoms with Gasteiger partial charge < -0.3 is 9.30 Å². The second-order valence-corrected chi connectivity index (χ2v) is 5.96. The number of imidazole rings is 1. The first-order valence-electron chi connectivity index (χ1n) is 8.03. The molecule has 1 aliphatic rings. The van der Waals surface area contributed by atoms with Crippen molar-refractivity contribution in [2.24, 2.45) is 7.05 Å². The van der Waals surface area contributed by atoms with Crippen LogP contribution in [0.4, 0.5) is 0 Å². The van der Waals surface area contributed by atoms with Gasteiger partial charge in [0.15, 0.2) is 0 Å². The summed E-state index contributed by atoms with van der Waals surface area (Å²) in [5, 5.41) is 4.25. The number of nitrogens with zero attached hydrogens (tertiary/aromatic N) is 4. The van der Waals surface area contributed by atoms with Crippen LogP contribution in [0.5, 0.6) is 0 Å². The smallest absolute Gasteiger partial charge is 0.139 e. The van der Waals surface area contributed by atoms with E-state index in [-0.39, 0.29) is 0 Å². The predicted octanol–water partition coefficient (Wildman–Crippen LogP) is 3.13. The SMILES string of the molecule is Cn1nccc1-c1cccc(-c2nccn2CC2CCCO2)c1. The zero-order valence-corrected chi connectivity index (χ0v) is 13.2. The Kier molecular flexibility index (Phi) is 3.71. The van der Waals surface area contributed by atoms with Crippen LogP contribution >= 0.6 is 0 Å². The van der Waals surface area contributed by atoms with E-state index in [1.165, 1.54) is 0 Å². The second-order valence-electron chi connectivity index (χ2n) is 5.96. The molecule has 0 aliphatic carbocycles. The minimum Gasteiger partial charge on any atom is -0.376 e. The van der Waals surface area contributed by atoms with Crippen molar-refractivity contribution >= 4 is 0 Å². The third-order valence-electron chi connectivity index (χ3n) is 4.38. The second kappa shape index (κ2) is 6.01. The average molecular weight is 308 g/mol. The third kappa shape index (κ3) is 2.80. The number of hydrogen-bond donors (Lipinski definition) is 0. The Balaban J connectivity index is 1.66. The van der Waals surface area contributed by atoms with Crippen LogP contribution in [0.1, 0.15) is 12.8 Å². The molecule has 0 spiro atoms. The lowest BCUT2D eigenvalue weighted by Crippen LogP contribution is -2.15. The van der Waals surface area contributed by atoms with Crippen molar-refractivity contribution in [3.63, 3.8) is 0 Å². The van der Waals surface area contributed by atoms with Gasteiger partial charge in [-0.05, 0) is 25.0 Å². The van der Waals surface area contributed by atoms with E-state index in [1.807, 2.05) is 36.4 Å². The molecule has 3 heterocycles. The fourth-order valence-electron chi connectivity index (χ4n) is 3.20. The topological polar surface area (TPSA) is 44.9 Å². The summed E-state index contributed by atoms with van der Waals surface area (Å²) in [5.74, 6) is 0.990. The van der Waals surface area contributed by atoms with E-state index >= 15 is 0 Å². The van der Waals surface area contributed by atoms with E-state index in [2.05, 4.69) is 38.9 Å². The highest BCUT2D eigenvalue weighted by Crippen LogP contribution is 2.26. The Morgan fingerprint density at radius 1 is 1.22 bits per heavy atom. The summed E-state index contributed by atoms with van der Waals surface area (Å²) in [5.41, 5.74) is 3.37. The maximum Gasteiger partial charge on any atom is 0.139 e. The summed E-state index contributed by atoms with van der Waals surface area (Å²) >= 11 is 0. The average Bonchev–Trinajstić information content (AvgIpc) is 3.30. The van der Waals surface area contributed by atoms with Gasteiger partial charge in [0, 0.05) is 43.4 Å². The quantitative estimate of drug-likeness (QED) is 0.744. The van der Waals surface area contributed by atoms with Crippen LogP contribution < -0.4 is 0 Å². The number of benzene rings is 1. The van der Waals surface area contributed by atoms with Crippen LogP contribution in [0.25, 0.3) is 22.6 Å². The Morgan fingerprint density at radius 2 is 2.13 bits per heavy atom. The molecule has 3 aromatic rings. The summed E-state index contributed by atoms with van der Waals surface area (Å²) in [6.45, 7) is 1.75. The summed E-state index contributed by atoms with van der Waals surface area (Å²) < 4.78 is 9.83. The number of hydrogen-bond acceptors (Lipinski definition) is 3. The van der Waals surface area contributed by atoms with E-state index in [9.17, 15) is 0 Å². The molecule has 5 heteroatoms. The number of aromatic nitrogens is 4. The van der Waals surface area contributed by atoms with Crippen molar-refractivity contribution < 1.29 is 4.74 Å². The van der Waals surface area contributed by atoms with Gasteiger partial charge >= 0.3 is 0 Å². The highest BCUT2D eigenvalue weighted by Gasteiger charge is 2.18. The molecule has 1 aliphatic heterocycles. The van der Waals surface area contributed by atoms with Crippen molar-refractivity contribution in [1.82, 2.24) is 19.3 Å². The lowest BCUT2D eigenvalue weighted by molar-refractivity contribution is 0.0974. The monoisotopic (exact) mass is 308 g/mol. The van der Waals surface area contributed by atoms with Gasteiger partial charge in [-0.15, -0.1) is 0 Å². The maximum absolute atomic E-state index is 5.76. The molecule has 1 aromatic carbocycles. The summed E-state index contributed by atoms with van der Waals surface area (Å²) in [7, 11) is 1.96. The zero-order valence-electron chi connectivity index (χ0n) is 13.2. The first-order valence-corrected chi connectivity index (χ1v) is 8.03. The maximum atomic E-state index is 5.76. The van der Waals surface area contributed by atoms with Crippen molar-refractivity contribution in [2.45, 2.75) is 25.5 Å². The molecule has 0 amide bonds. The van der Waals surface area contributed by atoms with Gasteiger partial charge in [-0.3, -0.25) is 4.68 Å². The van der Waals surface area contributed by atoms with Gasteiger partial charge in [0.1, 0.15) is 5.82 Å². The lowest BCUT2D eigenvalue weighted by Gasteiger charge is -2.13. The molecular formula is C18H20N4O. The normalized spacial score (nSPS) is 17.7. The number of ether oxygens (including phenoxy) is 1. The predicted molar refractivity (Wildman–Crippen MR) is 88.8 cm³/mol. The highest BCUT2D eigenvalue weighted by atomic mass is 16.5. The van der Waals surface area contributed by atoms with Crippen molar-refractivity contribution in [3.8, 4) is 22.6 Å². The van der Waals surface area contributed by atoms with Gasteiger partial charge in [-0.1, -0.05) is 18.2 Å². The fraction of sp³-hybridized carbons (Fsp3) is 0.333. The van der Waals surface area contributed by atoms with Gasteiger partial charge in [0.25, 0.3) is 0 Å². The third-order valence-corrected chi connectivity index (χ3v) is 4.38. The number of aryl methyl sites for hydroxylation is 1. The molecule has 0 radical (unpaired) electrons. The molecule has 1 atom stereocenters. The molecule has 2 aromatic heterocycles. The Hall–Kier alpha value is -2.40. The van der Waals surface area contributed by atoms with E-state index in [0.29, 0.717) is 6.10 Å². The summed E-state index contributed by atoms with van der Waals surface area (Å²) in [6.07, 6.45) is 8.31. The van der Waals surface area contributed by atoms with E-state index in [4.69, 9.17) is 4.74 Å². The molecular weight excluding hydrogens is 288 g/mol. The van der Waals surface area contributed by atoms with Crippen LogP contribution in [0, 0.1) is 0 Å². The number of rotatable bonds is 4. The molecule has 4 rings (SSSR count). The first-order chi connectivity index (χ1) is 11.3. The van der Waals surface area contributed by atoms with Crippen molar-refractivity contribution in [3.05, 3.63) is 48.9 Å². The molecule has 5 nitrogen and oxygen atoms in total. The van der Waals surface area contributed by atoms with Crippen LogP contribution in [0.15, 0.2) is 48.9 Å². The van der Waals surface area contributed by atoms with Crippen molar-refractivity contribution in [1.29, 1.82) is 0 Å². The molecule has 1 saturated heterocycles. The molecule has 1 unspecified atom stereocenters. The van der Waals surface area contributed by atoms with Crippen LogP contribution in [-0.4, -0.2) is 32.0 Å². The highest BCUT2D eigenvalue weighted by molar-refractivity contribution is 5.68. The minimum absolute atomic E-state index is 0.309. The van der Waals surface area contributed by atoms with Gasteiger partial charge in [0.2, 0.25) is 0 Å². The fourth-order valence-corrected chi connectivity index (χ4v) is 3.20. The van der Waals surface area contributed by atoms with Crippen LogP contribution in [0.3, 0.4) is 0 Å². The minimum atomic E-state index is 0.309. The van der Waals surface area contributed by atoms with Gasteiger partial charge in [-0.25, -0.2) is 4.98 Å². The molecule has 0 N–H and O–H groups in total. The van der Waals surface area contributed by atoms with E-state index in [1.54, 1.807) is 0 Å². The van der Waals surface area contributed by atoms with E-state index < -0.39 is 0 Å². The van der Waals surface area contributed by atoms with Crippen LogP contribution in [0.2, 0.25) is 0 Å². The molecule has 118 valence electrons. The zero-order chi connectivity index (χ0) is 15.6. The van der Waals surface area contributed by atoms with Gasteiger partial charge in [0.05, 0.1) is 18.3 Å². The Bertz CT molecular complexity index is 799. The Morgan fingerprint density at radius 3 is 2.91 bits per heavy atom. The largest absolute Gasteiger partial charge is 0.376 e. The molecule has 23 heavy (non-hydrogen) atoms. The summed E-state index contributed by atoms with van der Waals surface area (Å²) in [6, 6.07) is 10.5. The lowest BCUT2D eigenvalue weighted by atomic mass is 10.1. The Labute approximate surface area is 135 Å². The molecule has 0 bridgehead atoms. The van der Waals surface area contributed by atoms with Crippen molar-refractivity contribution in [2.75, 3.05) is 6.61 Å². The van der Waals surface area contributed by atoms with Gasteiger partial charge in [-0.2, -0.15) is 5.10 Å². The molecule has 1 fully saturated rings. The van der Waals surface area contributed by atoms with E-state index in [0.717, 1.165) is 48.6 Å². The standard InChI is InChI=1S/C18H20N4O/c1-21-17(7-8-20-21)14-4-2-5-15(12-14)18-19-9-10-22(18)13-16-6-3-11-23-16/h2,4-5,7-10,12,16H,3,6,11,13H2,1H3. The first kappa shape index (κ1) is 14.2.